The van der Waals surface area contributed by atoms with Crippen LogP contribution in [0.4, 0.5) is 0 Å². The molecule has 2 heteroatoms. The van der Waals surface area contributed by atoms with Crippen molar-refractivity contribution >= 4 is 0 Å². The summed E-state index contributed by atoms with van der Waals surface area (Å²) >= 11 is 0. The van der Waals surface area contributed by atoms with Crippen LogP contribution in [-0.4, -0.2) is 37.1 Å². The molecule has 2 rings (SSSR count). The Bertz CT molecular complexity index is 262. The smallest absolute Gasteiger partial charge is 0.00989 e. The minimum atomic E-state index is 0.750. The molecule has 0 aromatic carbocycles. The molecule has 3 unspecified atom stereocenters. The largest absolute Gasteiger partial charge is 0.317 e. The lowest BCUT2D eigenvalue weighted by molar-refractivity contribution is 0.111. The second kappa shape index (κ2) is 7.44. The average Bonchev–Trinajstić information content (AvgIpc) is 2.66. The molecule has 2 bridgehead atoms. The van der Waals surface area contributed by atoms with Gasteiger partial charge in [0.1, 0.15) is 0 Å². The molecule has 3 atom stereocenters. The van der Waals surface area contributed by atoms with Crippen LogP contribution >= 0.6 is 0 Å². The highest BCUT2D eigenvalue weighted by Gasteiger charge is 2.40. The second-order valence-electron chi connectivity index (χ2n) is 6.60. The maximum absolute atomic E-state index is 3.80. The Kier molecular flexibility index (Phi) is 5.90. The molecule has 0 spiro atoms. The maximum atomic E-state index is 3.80. The molecule has 2 heterocycles. The summed E-state index contributed by atoms with van der Waals surface area (Å²) in [7, 11) is 4.50. The predicted molar refractivity (Wildman–Crippen MR) is 83.4 cm³/mol. The first-order chi connectivity index (χ1) is 9.26. The molecule has 0 aromatic rings. The Morgan fingerprint density at radius 1 is 1.21 bits per heavy atom. The average molecular weight is 264 g/mol. The fraction of sp³-hybridized carbons (Fsp3) is 0.882. The predicted octanol–water partition coefficient (Wildman–Crippen LogP) is 3.58. The van der Waals surface area contributed by atoms with Gasteiger partial charge in [0, 0.05) is 18.1 Å². The molecule has 1 N–H and O–H groups in total. The molecule has 19 heavy (non-hydrogen) atoms. The van der Waals surface area contributed by atoms with E-state index < -0.39 is 0 Å². The van der Waals surface area contributed by atoms with Gasteiger partial charge in [-0.15, -0.1) is 6.58 Å². The van der Waals surface area contributed by atoms with E-state index >= 15 is 0 Å². The monoisotopic (exact) mass is 264 g/mol. The van der Waals surface area contributed by atoms with Gasteiger partial charge in [-0.3, -0.25) is 0 Å². The summed E-state index contributed by atoms with van der Waals surface area (Å²) in [6.45, 7) is 3.80. The third-order valence-electron chi connectivity index (χ3n) is 5.50. The Labute approximate surface area is 119 Å². The molecular formula is C17H32N2. The van der Waals surface area contributed by atoms with Crippen molar-refractivity contribution < 1.29 is 0 Å². The molecule has 0 aliphatic carbocycles. The quantitative estimate of drug-likeness (QED) is 0.532. The van der Waals surface area contributed by atoms with Gasteiger partial charge in [0.2, 0.25) is 0 Å². The number of allylic oxidation sites excluding steroid dienone is 1. The van der Waals surface area contributed by atoms with Crippen molar-refractivity contribution in [1.82, 2.24) is 10.2 Å². The molecule has 0 saturated carbocycles. The first-order valence-corrected chi connectivity index (χ1v) is 8.26. The lowest BCUT2D eigenvalue weighted by Gasteiger charge is -2.40. The van der Waals surface area contributed by atoms with E-state index in [2.05, 4.69) is 30.9 Å². The third-order valence-corrected chi connectivity index (χ3v) is 5.50. The number of piperidine rings is 1. The van der Waals surface area contributed by atoms with Crippen LogP contribution < -0.4 is 5.32 Å². The first-order valence-electron chi connectivity index (χ1n) is 8.26. The van der Waals surface area contributed by atoms with Crippen LogP contribution in [0.2, 0.25) is 0 Å². The van der Waals surface area contributed by atoms with E-state index in [4.69, 9.17) is 0 Å². The minimum absolute atomic E-state index is 0.750. The number of hydrogen-bond acceptors (Lipinski definition) is 2. The topological polar surface area (TPSA) is 15.3 Å². The van der Waals surface area contributed by atoms with E-state index in [-0.39, 0.29) is 0 Å². The highest BCUT2D eigenvalue weighted by atomic mass is 15.2. The zero-order valence-electron chi connectivity index (χ0n) is 12.9. The van der Waals surface area contributed by atoms with Crippen LogP contribution in [0.15, 0.2) is 12.7 Å². The zero-order chi connectivity index (χ0) is 13.7. The van der Waals surface area contributed by atoms with E-state index in [1.165, 1.54) is 57.8 Å². The summed E-state index contributed by atoms with van der Waals surface area (Å²) in [4.78, 5) is 2.65. The lowest BCUT2D eigenvalue weighted by Crippen LogP contribution is -2.46. The molecule has 110 valence electrons. The van der Waals surface area contributed by atoms with Crippen molar-refractivity contribution in [2.75, 3.05) is 14.1 Å². The van der Waals surface area contributed by atoms with Crippen molar-refractivity contribution in [2.24, 2.45) is 5.92 Å². The van der Waals surface area contributed by atoms with E-state index in [1.54, 1.807) is 0 Å². The SMILES string of the molecule is C=CCCCCCC(NC)C1CC2CCC(C1)N2C. The number of fused-ring (bicyclic) bond motifs is 2. The van der Waals surface area contributed by atoms with Gasteiger partial charge in [-0.05, 0) is 65.0 Å². The zero-order valence-corrected chi connectivity index (χ0v) is 12.9. The van der Waals surface area contributed by atoms with Crippen LogP contribution in [0.1, 0.15) is 57.8 Å². The molecule has 2 fully saturated rings. The Morgan fingerprint density at radius 2 is 1.89 bits per heavy atom. The van der Waals surface area contributed by atoms with Gasteiger partial charge < -0.3 is 10.2 Å². The summed E-state index contributed by atoms with van der Waals surface area (Å²) in [5, 5.41) is 3.61. The Hall–Kier alpha value is -0.340. The van der Waals surface area contributed by atoms with E-state index in [0.29, 0.717) is 0 Å². The first kappa shape index (κ1) is 15.1. The van der Waals surface area contributed by atoms with Crippen LogP contribution in [0.3, 0.4) is 0 Å². The molecule has 2 nitrogen and oxygen atoms in total. The highest BCUT2D eigenvalue weighted by Crippen LogP contribution is 2.39. The van der Waals surface area contributed by atoms with Gasteiger partial charge in [0.15, 0.2) is 0 Å². The molecule has 0 amide bonds. The van der Waals surface area contributed by atoms with Gasteiger partial charge in [0.05, 0.1) is 0 Å². The molecule has 2 saturated heterocycles. The minimum Gasteiger partial charge on any atom is -0.317 e. The number of nitrogens with one attached hydrogen (secondary N) is 1. The van der Waals surface area contributed by atoms with Gasteiger partial charge in [-0.25, -0.2) is 0 Å². The second-order valence-corrected chi connectivity index (χ2v) is 6.60. The van der Waals surface area contributed by atoms with Crippen LogP contribution in [0.5, 0.6) is 0 Å². The number of hydrogen-bond donors (Lipinski definition) is 1. The summed E-state index contributed by atoms with van der Waals surface area (Å²) in [5.74, 6) is 0.915. The van der Waals surface area contributed by atoms with Crippen molar-refractivity contribution in [2.45, 2.75) is 75.9 Å². The number of nitrogens with zero attached hydrogens (tertiary/aromatic N) is 1. The van der Waals surface area contributed by atoms with Crippen molar-refractivity contribution in [3.05, 3.63) is 12.7 Å². The van der Waals surface area contributed by atoms with Gasteiger partial charge >= 0.3 is 0 Å². The number of rotatable bonds is 8. The van der Waals surface area contributed by atoms with Gasteiger partial charge in [0.25, 0.3) is 0 Å². The molecule has 2 aliphatic rings. The fourth-order valence-electron chi connectivity index (χ4n) is 4.23. The normalized spacial score (nSPS) is 32.4. The summed E-state index contributed by atoms with van der Waals surface area (Å²) in [6.07, 6.45) is 14.4. The van der Waals surface area contributed by atoms with Crippen LogP contribution in [0.25, 0.3) is 0 Å². The number of unbranched alkanes of at least 4 members (excludes halogenated alkanes) is 3. The summed E-state index contributed by atoms with van der Waals surface area (Å²) in [5.41, 5.74) is 0. The van der Waals surface area contributed by atoms with Gasteiger partial charge in [-0.2, -0.15) is 0 Å². The van der Waals surface area contributed by atoms with Crippen LogP contribution in [0, 0.1) is 5.92 Å². The lowest BCUT2D eigenvalue weighted by atomic mass is 9.83. The maximum Gasteiger partial charge on any atom is 0.00989 e. The summed E-state index contributed by atoms with van der Waals surface area (Å²) < 4.78 is 0. The fourth-order valence-corrected chi connectivity index (χ4v) is 4.23. The Balaban J connectivity index is 1.74. The third kappa shape index (κ3) is 3.82. The standard InChI is InChI=1S/C17H32N2/c1-4-5-6-7-8-9-17(18-2)14-12-15-10-11-16(13-14)19(15)3/h4,14-18H,1,5-13H2,2-3H3. The molecule has 0 aromatic heterocycles. The van der Waals surface area contributed by atoms with E-state index in [0.717, 1.165) is 24.0 Å². The molecular weight excluding hydrogens is 232 g/mol. The van der Waals surface area contributed by atoms with Gasteiger partial charge in [-0.1, -0.05) is 18.9 Å². The Morgan fingerprint density at radius 3 is 2.47 bits per heavy atom. The highest BCUT2D eigenvalue weighted by molar-refractivity contribution is 4.96. The van der Waals surface area contributed by atoms with E-state index in [9.17, 15) is 0 Å². The molecule has 2 aliphatic heterocycles. The van der Waals surface area contributed by atoms with E-state index in [1.807, 2.05) is 6.08 Å². The van der Waals surface area contributed by atoms with Crippen molar-refractivity contribution in [3.8, 4) is 0 Å². The van der Waals surface area contributed by atoms with Crippen LogP contribution in [-0.2, 0) is 0 Å². The summed E-state index contributed by atoms with van der Waals surface area (Å²) in [6, 6.07) is 2.50. The van der Waals surface area contributed by atoms with Crippen molar-refractivity contribution in [1.29, 1.82) is 0 Å². The van der Waals surface area contributed by atoms with Crippen molar-refractivity contribution in [3.63, 3.8) is 0 Å². The molecule has 0 radical (unpaired) electrons.